The van der Waals surface area contributed by atoms with Crippen LogP contribution < -0.4 is 0 Å². The molecule has 94 valence electrons. The molecular weight excluding hydrogens is 246 g/mol. The molecule has 1 heterocycles. The second-order valence-corrected chi connectivity index (χ2v) is 5.89. The Kier molecular flexibility index (Phi) is 3.32. The fourth-order valence-corrected chi connectivity index (χ4v) is 2.20. The van der Waals surface area contributed by atoms with Crippen molar-refractivity contribution in [3.05, 3.63) is 29.6 Å². The highest BCUT2D eigenvalue weighted by atomic mass is 35.5. The predicted molar refractivity (Wildman–Crippen MR) is 73.5 cm³/mol. The first-order chi connectivity index (χ1) is 8.44. The number of halogens is 1. The van der Waals surface area contributed by atoms with E-state index in [1.165, 1.54) is 0 Å². The van der Waals surface area contributed by atoms with Gasteiger partial charge in [0.25, 0.3) is 0 Å². The van der Waals surface area contributed by atoms with Gasteiger partial charge in [-0.05, 0) is 23.6 Å². The Labute approximate surface area is 112 Å². The summed E-state index contributed by atoms with van der Waals surface area (Å²) in [6.07, 6.45) is 0. The second-order valence-electron chi connectivity index (χ2n) is 5.62. The van der Waals surface area contributed by atoms with Gasteiger partial charge in [0.1, 0.15) is 5.82 Å². The topological polar surface area (TPSA) is 41.6 Å². The quantitative estimate of drug-likeness (QED) is 0.774. The van der Waals surface area contributed by atoms with Crippen LogP contribution in [-0.2, 0) is 12.4 Å². The van der Waals surface area contributed by atoms with Crippen molar-refractivity contribution in [3.8, 4) is 6.07 Å². The average molecular weight is 262 g/mol. The molecule has 2 rings (SSSR count). The number of imidazole rings is 1. The van der Waals surface area contributed by atoms with Gasteiger partial charge in [-0.3, -0.25) is 0 Å². The highest BCUT2D eigenvalue weighted by molar-refractivity contribution is 6.16. The SMILES string of the molecule is CC(C)(C)Cn1c(CCl)nc2ccc(C#N)cc21. The summed E-state index contributed by atoms with van der Waals surface area (Å²) in [4.78, 5) is 4.51. The molecule has 0 N–H and O–H groups in total. The summed E-state index contributed by atoms with van der Waals surface area (Å²) >= 11 is 5.96. The van der Waals surface area contributed by atoms with Crippen LogP contribution in [0.5, 0.6) is 0 Å². The molecule has 2 aromatic rings. The van der Waals surface area contributed by atoms with E-state index in [9.17, 15) is 0 Å². The van der Waals surface area contributed by atoms with E-state index in [-0.39, 0.29) is 5.41 Å². The molecule has 0 unspecified atom stereocenters. The third kappa shape index (κ3) is 2.49. The molecule has 4 heteroatoms. The Bertz CT molecular complexity index is 614. The number of nitriles is 1. The van der Waals surface area contributed by atoms with Gasteiger partial charge in [-0.1, -0.05) is 20.8 Å². The molecular formula is C14H16ClN3. The van der Waals surface area contributed by atoms with Crippen LogP contribution in [0.2, 0.25) is 0 Å². The monoisotopic (exact) mass is 261 g/mol. The summed E-state index contributed by atoms with van der Waals surface area (Å²) in [6, 6.07) is 7.71. The van der Waals surface area contributed by atoms with Gasteiger partial charge in [-0.25, -0.2) is 4.98 Å². The molecule has 0 radical (unpaired) electrons. The van der Waals surface area contributed by atoms with Crippen molar-refractivity contribution < 1.29 is 0 Å². The predicted octanol–water partition coefficient (Wildman–Crippen LogP) is 3.69. The van der Waals surface area contributed by atoms with Crippen molar-refractivity contribution in [1.29, 1.82) is 5.26 Å². The summed E-state index contributed by atoms with van der Waals surface area (Å²) in [6.45, 7) is 7.35. The van der Waals surface area contributed by atoms with E-state index in [2.05, 4.69) is 36.4 Å². The number of benzene rings is 1. The molecule has 0 aliphatic heterocycles. The summed E-state index contributed by atoms with van der Waals surface area (Å²) in [5, 5.41) is 8.98. The third-order valence-electron chi connectivity index (χ3n) is 2.71. The van der Waals surface area contributed by atoms with Crippen LogP contribution in [0.15, 0.2) is 18.2 Å². The van der Waals surface area contributed by atoms with Crippen molar-refractivity contribution in [2.45, 2.75) is 33.2 Å². The first kappa shape index (κ1) is 12.9. The van der Waals surface area contributed by atoms with Crippen LogP contribution in [0.3, 0.4) is 0 Å². The highest BCUT2D eigenvalue weighted by Gasteiger charge is 2.17. The first-order valence-corrected chi connectivity index (χ1v) is 6.43. The fraction of sp³-hybridized carbons (Fsp3) is 0.429. The van der Waals surface area contributed by atoms with Gasteiger partial charge in [-0.15, -0.1) is 11.6 Å². The maximum absolute atomic E-state index is 8.98. The van der Waals surface area contributed by atoms with E-state index >= 15 is 0 Å². The minimum absolute atomic E-state index is 0.136. The molecule has 0 atom stereocenters. The van der Waals surface area contributed by atoms with Gasteiger partial charge in [0, 0.05) is 6.54 Å². The van der Waals surface area contributed by atoms with Gasteiger partial charge in [0.2, 0.25) is 0 Å². The van der Waals surface area contributed by atoms with Crippen molar-refractivity contribution >= 4 is 22.6 Å². The Hall–Kier alpha value is -1.53. The summed E-state index contributed by atoms with van der Waals surface area (Å²) < 4.78 is 2.11. The zero-order chi connectivity index (χ0) is 13.3. The number of alkyl halides is 1. The molecule has 1 aromatic heterocycles. The van der Waals surface area contributed by atoms with Crippen molar-refractivity contribution in [1.82, 2.24) is 9.55 Å². The minimum atomic E-state index is 0.136. The van der Waals surface area contributed by atoms with Crippen LogP contribution >= 0.6 is 11.6 Å². The molecule has 0 spiro atoms. The number of rotatable bonds is 2. The normalized spacial score (nSPS) is 11.7. The molecule has 0 saturated carbocycles. The lowest BCUT2D eigenvalue weighted by molar-refractivity contribution is 0.344. The number of nitrogens with zero attached hydrogens (tertiary/aromatic N) is 3. The first-order valence-electron chi connectivity index (χ1n) is 5.90. The smallest absolute Gasteiger partial charge is 0.124 e. The van der Waals surface area contributed by atoms with Crippen LogP contribution in [0.25, 0.3) is 11.0 Å². The Morgan fingerprint density at radius 2 is 2.11 bits per heavy atom. The van der Waals surface area contributed by atoms with E-state index in [0.717, 1.165) is 23.4 Å². The van der Waals surface area contributed by atoms with Crippen LogP contribution in [-0.4, -0.2) is 9.55 Å². The largest absolute Gasteiger partial charge is 0.326 e. The third-order valence-corrected chi connectivity index (χ3v) is 2.95. The molecule has 1 aromatic carbocycles. The van der Waals surface area contributed by atoms with Crippen molar-refractivity contribution in [2.24, 2.45) is 5.41 Å². The Morgan fingerprint density at radius 1 is 1.39 bits per heavy atom. The molecule has 0 saturated heterocycles. The average Bonchev–Trinajstić information content (AvgIpc) is 2.64. The summed E-state index contributed by atoms with van der Waals surface area (Å²) in [7, 11) is 0. The lowest BCUT2D eigenvalue weighted by atomic mass is 9.96. The van der Waals surface area contributed by atoms with Gasteiger partial charge < -0.3 is 4.57 Å². The van der Waals surface area contributed by atoms with Gasteiger partial charge in [0.15, 0.2) is 0 Å². The van der Waals surface area contributed by atoms with Crippen LogP contribution in [0.4, 0.5) is 0 Å². The minimum Gasteiger partial charge on any atom is -0.326 e. The Balaban J connectivity index is 2.63. The van der Waals surface area contributed by atoms with Crippen LogP contribution in [0, 0.1) is 16.7 Å². The molecule has 0 fully saturated rings. The van der Waals surface area contributed by atoms with E-state index in [1.54, 1.807) is 6.07 Å². The van der Waals surface area contributed by atoms with Crippen LogP contribution in [0.1, 0.15) is 32.2 Å². The van der Waals surface area contributed by atoms with Crippen molar-refractivity contribution in [2.75, 3.05) is 0 Å². The molecule has 18 heavy (non-hydrogen) atoms. The maximum Gasteiger partial charge on any atom is 0.124 e. The molecule has 0 aliphatic rings. The van der Waals surface area contributed by atoms with E-state index in [1.807, 2.05) is 12.1 Å². The van der Waals surface area contributed by atoms with E-state index in [0.29, 0.717) is 11.4 Å². The molecule has 0 aliphatic carbocycles. The number of hydrogen-bond acceptors (Lipinski definition) is 2. The van der Waals surface area contributed by atoms with E-state index in [4.69, 9.17) is 16.9 Å². The lowest BCUT2D eigenvalue weighted by Crippen LogP contribution is -2.17. The molecule has 0 bridgehead atoms. The zero-order valence-corrected chi connectivity index (χ0v) is 11.6. The van der Waals surface area contributed by atoms with Gasteiger partial charge >= 0.3 is 0 Å². The maximum atomic E-state index is 8.98. The molecule has 0 amide bonds. The molecule has 3 nitrogen and oxygen atoms in total. The van der Waals surface area contributed by atoms with Gasteiger partial charge in [0.05, 0.1) is 28.5 Å². The summed E-state index contributed by atoms with van der Waals surface area (Å²) in [5.74, 6) is 1.24. The van der Waals surface area contributed by atoms with Crippen molar-refractivity contribution in [3.63, 3.8) is 0 Å². The number of hydrogen-bond donors (Lipinski definition) is 0. The Morgan fingerprint density at radius 3 is 2.67 bits per heavy atom. The van der Waals surface area contributed by atoms with E-state index < -0.39 is 0 Å². The number of fused-ring (bicyclic) bond motifs is 1. The van der Waals surface area contributed by atoms with Gasteiger partial charge in [-0.2, -0.15) is 5.26 Å². The lowest BCUT2D eigenvalue weighted by Gasteiger charge is -2.20. The fourth-order valence-electron chi connectivity index (χ4n) is 1.99. The standard InChI is InChI=1S/C14H16ClN3/c1-14(2,3)9-18-12-6-10(8-16)4-5-11(12)17-13(18)7-15/h4-6H,7,9H2,1-3H3. The zero-order valence-electron chi connectivity index (χ0n) is 10.9. The highest BCUT2D eigenvalue weighted by Crippen LogP contribution is 2.24. The summed E-state index contributed by atoms with van der Waals surface area (Å²) in [5.41, 5.74) is 2.67. The second kappa shape index (κ2) is 4.62. The number of aromatic nitrogens is 2.